The van der Waals surface area contributed by atoms with Crippen molar-refractivity contribution in [1.29, 1.82) is 0 Å². The fraction of sp³-hybridized carbons (Fsp3) is 0.136. The van der Waals surface area contributed by atoms with Gasteiger partial charge in [0.25, 0.3) is 0 Å². The van der Waals surface area contributed by atoms with Crippen molar-refractivity contribution in [3.05, 3.63) is 93.5 Å². The summed E-state index contributed by atoms with van der Waals surface area (Å²) in [6.45, 7) is 4.72. The van der Waals surface area contributed by atoms with Crippen molar-refractivity contribution < 1.29 is 4.74 Å². The first-order chi connectivity index (χ1) is 12.1. The molecule has 0 saturated carbocycles. The van der Waals surface area contributed by atoms with E-state index in [-0.39, 0.29) is 0 Å². The van der Waals surface area contributed by atoms with Crippen molar-refractivity contribution >= 4 is 27.8 Å². The lowest BCUT2D eigenvalue weighted by Gasteiger charge is -2.09. The monoisotopic (exact) mass is 393 g/mol. The molecule has 0 aromatic heterocycles. The van der Waals surface area contributed by atoms with E-state index >= 15 is 0 Å². The molecule has 0 N–H and O–H groups in total. The average molecular weight is 394 g/mol. The zero-order valence-corrected chi connectivity index (χ0v) is 16.0. The summed E-state index contributed by atoms with van der Waals surface area (Å²) in [7, 11) is 0. The Kier molecular flexibility index (Phi) is 5.67. The van der Waals surface area contributed by atoms with E-state index in [0.717, 1.165) is 27.0 Å². The molecule has 0 aliphatic heterocycles. The molecule has 0 heterocycles. The number of hydrogen-bond donors (Lipinski definition) is 0. The third kappa shape index (κ3) is 4.80. The van der Waals surface area contributed by atoms with Crippen LogP contribution >= 0.6 is 15.9 Å². The average Bonchev–Trinajstić information content (AvgIpc) is 2.61. The predicted molar refractivity (Wildman–Crippen MR) is 108 cm³/mol. The number of nitrogens with zero attached hydrogens (tertiary/aromatic N) is 1. The van der Waals surface area contributed by atoms with Gasteiger partial charge in [0.2, 0.25) is 0 Å². The van der Waals surface area contributed by atoms with Gasteiger partial charge in [-0.05, 0) is 70.7 Å². The molecule has 0 spiro atoms. The number of aliphatic imine (C=N–C) groups is 1. The highest BCUT2D eigenvalue weighted by atomic mass is 79.9. The number of ether oxygens (including phenoxy) is 1. The van der Waals surface area contributed by atoms with E-state index in [1.807, 2.05) is 48.7 Å². The summed E-state index contributed by atoms with van der Waals surface area (Å²) < 4.78 is 6.81. The van der Waals surface area contributed by atoms with Gasteiger partial charge in [0.1, 0.15) is 12.4 Å². The molecule has 0 atom stereocenters. The van der Waals surface area contributed by atoms with Gasteiger partial charge in [-0.2, -0.15) is 0 Å². The summed E-state index contributed by atoms with van der Waals surface area (Å²) in [5, 5.41) is 0. The van der Waals surface area contributed by atoms with E-state index in [1.54, 1.807) is 0 Å². The van der Waals surface area contributed by atoms with Crippen molar-refractivity contribution in [1.82, 2.24) is 0 Å². The van der Waals surface area contributed by atoms with Crippen LogP contribution in [0.5, 0.6) is 5.75 Å². The van der Waals surface area contributed by atoms with E-state index in [0.29, 0.717) is 6.61 Å². The quantitative estimate of drug-likeness (QED) is 0.459. The first-order valence-corrected chi connectivity index (χ1v) is 8.99. The Bertz CT molecular complexity index is 888. The van der Waals surface area contributed by atoms with E-state index in [1.165, 1.54) is 11.1 Å². The molecule has 25 heavy (non-hydrogen) atoms. The van der Waals surface area contributed by atoms with Gasteiger partial charge in [0.15, 0.2) is 0 Å². The Hall–Kier alpha value is -2.39. The van der Waals surface area contributed by atoms with Gasteiger partial charge in [-0.3, -0.25) is 4.99 Å². The maximum Gasteiger partial charge on any atom is 0.134 e. The minimum Gasteiger partial charge on any atom is -0.488 e. The van der Waals surface area contributed by atoms with Gasteiger partial charge in [0.05, 0.1) is 10.2 Å². The second kappa shape index (κ2) is 8.13. The normalized spacial score (nSPS) is 11.0. The number of aryl methyl sites for hydroxylation is 2. The molecule has 3 rings (SSSR count). The molecular weight excluding hydrogens is 374 g/mol. The second-order valence-electron chi connectivity index (χ2n) is 6.01. The third-order valence-corrected chi connectivity index (χ3v) is 4.52. The summed E-state index contributed by atoms with van der Waals surface area (Å²) >= 11 is 3.58. The van der Waals surface area contributed by atoms with Crippen LogP contribution in [0.4, 0.5) is 5.69 Å². The van der Waals surface area contributed by atoms with Gasteiger partial charge in [-0.1, -0.05) is 48.0 Å². The van der Waals surface area contributed by atoms with E-state index in [4.69, 9.17) is 4.74 Å². The summed E-state index contributed by atoms with van der Waals surface area (Å²) in [5.74, 6) is 0.826. The molecule has 0 fully saturated rings. The van der Waals surface area contributed by atoms with Crippen molar-refractivity contribution in [2.24, 2.45) is 4.99 Å². The summed E-state index contributed by atoms with van der Waals surface area (Å²) in [4.78, 5) is 4.59. The first-order valence-electron chi connectivity index (χ1n) is 8.19. The van der Waals surface area contributed by atoms with Gasteiger partial charge in [-0.25, -0.2) is 0 Å². The Morgan fingerprint density at radius 2 is 1.76 bits per heavy atom. The van der Waals surface area contributed by atoms with Gasteiger partial charge < -0.3 is 4.74 Å². The number of halogens is 1. The molecule has 0 unspecified atom stereocenters. The standard InChI is InChI=1S/C22H20BrNO/c1-16-8-10-21(17(2)12-16)24-14-19-9-11-22(20(23)13-19)25-15-18-6-4-3-5-7-18/h3-14H,15H2,1-2H3. The SMILES string of the molecule is Cc1ccc(N=Cc2ccc(OCc3ccccc3)c(Br)c2)c(C)c1. The lowest BCUT2D eigenvalue weighted by molar-refractivity contribution is 0.304. The summed E-state index contributed by atoms with van der Waals surface area (Å²) in [5.41, 5.74) is 5.59. The summed E-state index contributed by atoms with van der Waals surface area (Å²) in [6, 6.07) is 22.4. The fourth-order valence-electron chi connectivity index (χ4n) is 2.54. The highest BCUT2D eigenvalue weighted by Gasteiger charge is 2.03. The van der Waals surface area contributed by atoms with Crippen LogP contribution in [0.1, 0.15) is 22.3 Å². The molecule has 0 aliphatic carbocycles. The molecular formula is C22H20BrNO. The lowest BCUT2D eigenvalue weighted by atomic mass is 10.1. The third-order valence-electron chi connectivity index (χ3n) is 3.90. The number of rotatable bonds is 5. The van der Waals surface area contributed by atoms with E-state index in [9.17, 15) is 0 Å². The minimum absolute atomic E-state index is 0.551. The molecule has 126 valence electrons. The fourth-order valence-corrected chi connectivity index (χ4v) is 3.06. The molecule has 3 aromatic rings. The van der Waals surface area contributed by atoms with E-state index in [2.05, 4.69) is 59.0 Å². The maximum absolute atomic E-state index is 5.88. The molecule has 0 amide bonds. The van der Waals surface area contributed by atoms with Crippen LogP contribution in [-0.2, 0) is 6.61 Å². The van der Waals surface area contributed by atoms with Crippen LogP contribution in [0.2, 0.25) is 0 Å². The molecule has 3 aromatic carbocycles. The zero-order valence-electron chi connectivity index (χ0n) is 14.4. The Labute approximate surface area is 157 Å². The maximum atomic E-state index is 5.88. The van der Waals surface area contributed by atoms with Crippen LogP contribution in [0.15, 0.2) is 76.2 Å². The lowest BCUT2D eigenvalue weighted by Crippen LogP contribution is -1.96. The number of hydrogen-bond acceptors (Lipinski definition) is 2. The van der Waals surface area contributed by atoms with Crippen molar-refractivity contribution in [3.8, 4) is 5.75 Å². The molecule has 3 heteroatoms. The number of benzene rings is 3. The Morgan fingerprint density at radius 1 is 0.960 bits per heavy atom. The highest BCUT2D eigenvalue weighted by Crippen LogP contribution is 2.27. The predicted octanol–water partition coefficient (Wildman–Crippen LogP) is 6.40. The Balaban J connectivity index is 1.70. The first kappa shape index (κ1) is 17.4. The topological polar surface area (TPSA) is 21.6 Å². The minimum atomic E-state index is 0.551. The molecule has 0 radical (unpaired) electrons. The van der Waals surface area contributed by atoms with Crippen molar-refractivity contribution in [2.75, 3.05) is 0 Å². The molecule has 0 bridgehead atoms. The zero-order chi connectivity index (χ0) is 17.6. The second-order valence-corrected chi connectivity index (χ2v) is 6.87. The largest absolute Gasteiger partial charge is 0.488 e. The van der Waals surface area contributed by atoms with Crippen LogP contribution in [0, 0.1) is 13.8 Å². The smallest absolute Gasteiger partial charge is 0.134 e. The van der Waals surface area contributed by atoms with E-state index < -0.39 is 0 Å². The van der Waals surface area contributed by atoms with Crippen LogP contribution in [-0.4, -0.2) is 6.21 Å². The van der Waals surface area contributed by atoms with Crippen molar-refractivity contribution in [3.63, 3.8) is 0 Å². The Morgan fingerprint density at radius 3 is 2.48 bits per heavy atom. The van der Waals surface area contributed by atoms with Crippen LogP contribution in [0.25, 0.3) is 0 Å². The van der Waals surface area contributed by atoms with Gasteiger partial charge in [0, 0.05) is 6.21 Å². The van der Waals surface area contributed by atoms with Crippen molar-refractivity contribution in [2.45, 2.75) is 20.5 Å². The van der Waals surface area contributed by atoms with Gasteiger partial charge >= 0.3 is 0 Å². The van der Waals surface area contributed by atoms with Crippen LogP contribution < -0.4 is 4.74 Å². The van der Waals surface area contributed by atoms with Crippen LogP contribution in [0.3, 0.4) is 0 Å². The molecule has 0 saturated heterocycles. The summed E-state index contributed by atoms with van der Waals surface area (Å²) in [6.07, 6.45) is 1.88. The molecule has 0 aliphatic rings. The molecule has 2 nitrogen and oxygen atoms in total. The highest BCUT2D eigenvalue weighted by molar-refractivity contribution is 9.10. The van der Waals surface area contributed by atoms with Gasteiger partial charge in [-0.15, -0.1) is 0 Å².